The summed E-state index contributed by atoms with van der Waals surface area (Å²) in [6.07, 6.45) is 0. The molecule has 0 saturated heterocycles. The highest BCUT2D eigenvalue weighted by Crippen LogP contribution is 2.33. The first-order valence-electron chi connectivity index (χ1n) is 6.40. The van der Waals surface area contributed by atoms with E-state index < -0.39 is 8.01 Å². The van der Waals surface area contributed by atoms with E-state index in [0.29, 0.717) is 8.58 Å². The molecule has 1 aromatic heterocycles. The van der Waals surface area contributed by atoms with Crippen molar-refractivity contribution >= 4 is 87.5 Å². The highest BCUT2D eigenvalue weighted by Gasteiger charge is 2.11. The van der Waals surface area contributed by atoms with Crippen LogP contribution >= 0.6 is 44.3 Å². The average Bonchev–Trinajstić information content (AvgIpc) is 2.55. The third-order valence-corrected chi connectivity index (χ3v) is 6.14. The molecule has 110 valence electrons. The molecule has 21 heavy (non-hydrogen) atoms. The van der Waals surface area contributed by atoms with Crippen LogP contribution in [0.1, 0.15) is 0 Å². The fraction of sp³-hybridized carbons (Fsp3) is 0.143. The molecule has 0 aliphatic heterocycles. The third-order valence-electron chi connectivity index (χ3n) is 3.25. The molecule has 0 fully saturated rings. The summed E-state index contributed by atoms with van der Waals surface area (Å²) in [6.45, 7) is 4.19. The van der Waals surface area contributed by atoms with Gasteiger partial charge in [0.15, 0.2) is 0 Å². The largest absolute Gasteiger partial charge is 0.419 e. The lowest BCUT2D eigenvalue weighted by Crippen LogP contribution is -2.05. The van der Waals surface area contributed by atoms with Crippen molar-refractivity contribution in [3.05, 3.63) is 24.3 Å². The minimum atomic E-state index is -0.971. The second-order valence-electron chi connectivity index (χ2n) is 4.80. The Kier molecular flexibility index (Phi) is 4.77. The Morgan fingerprint density at radius 3 is 2.14 bits per heavy atom. The van der Waals surface area contributed by atoms with Crippen molar-refractivity contribution in [1.82, 2.24) is 0 Å². The van der Waals surface area contributed by atoms with E-state index >= 15 is 0 Å². The molecule has 7 heteroatoms. The van der Waals surface area contributed by atoms with Crippen molar-refractivity contribution in [2.75, 3.05) is 6.66 Å². The fourth-order valence-corrected chi connectivity index (χ4v) is 5.69. The quantitative estimate of drug-likeness (QED) is 0.613. The molecule has 2 aromatic carbocycles. The maximum atomic E-state index is 6.14. The fourth-order valence-electron chi connectivity index (χ4n) is 2.39. The van der Waals surface area contributed by atoms with Gasteiger partial charge in [-0.2, -0.15) is 0 Å². The van der Waals surface area contributed by atoms with Gasteiger partial charge in [-0.25, -0.2) is 0 Å². The van der Waals surface area contributed by atoms with Crippen LogP contribution in [0.25, 0.3) is 21.9 Å². The first kappa shape index (κ1) is 15.9. The van der Waals surface area contributed by atoms with Crippen molar-refractivity contribution < 1.29 is 8.39 Å². The van der Waals surface area contributed by atoms with Crippen LogP contribution in [0.15, 0.2) is 32.7 Å². The SMILES string of the molecule is CPc1cc(P)cc2c1op(C)oc1c(P)cc(P)cc12. The number of hydrogen-bond acceptors (Lipinski definition) is 2. The molecule has 0 N–H and O–H groups in total. The topological polar surface area (TPSA) is 26.3 Å². The zero-order valence-corrected chi connectivity index (χ0v) is 17.2. The lowest BCUT2D eigenvalue weighted by molar-refractivity contribution is 0.646. The molecule has 0 radical (unpaired) electrons. The van der Waals surface area contributed by atoms with Crippen LogP contribution in [0, 0.1) is 0 Å². The van der Waals surface area contributed by atoms with Gasteiger partial charge >= 0.3 is 0 Å². The maximum absolute atomic E-state index is 6.14. The molecule has 0 spiro atoms. The first-order chi connectivity index (χ1) is 9.99. The summed E-state index contributed by atoms with van der Waals surface area (Å²) < 4.78 is 12.2. The van der Waals surface area contributed by atoms with Gasteiger partial charge in [-0.3, -0.25) is 0 Å². The Morgan fingerprint density at radius 2 is 1.48 bits per heavy atom. The predicted molar refractivity (Wildman–Crippen MR) is 109 cm³/mol. The minimum absolute atomic E-state index is 0.690. The van der Waals surface area contributed by atoms with Gasteiger partial charge in [-0.15, -0.1) is 27.7 Å². The molecule has 3 aromatic rings. The lowest BCUT2D eigenvalue weighted by atomic mass is 10.1. The van der Waals surface area contributed by atoms with Crippen molar-refractivity contribution in [2.45, 2.75) is 0 Å². The summed E-state index contributed by atoms with van der Waals surface area (Å²) in [7, 11) is 8.04. The average molecular weight is 372 g/mol. The van der Waals surface area contributed by atoms with Crippen LogP contribution in [-0.4, -0.2) is 6.66 Å². The lowest BCUT2D eigenvalue weighted by Gasteiger charge is -2.05. The molecule has 2 nitrogen and oxygen atoms in total. The summed E-state index contributed by atoms with van der Waals surface area (Å²) in [5, 5.41) is 6.88. The molecule has 0 amide bonds. The first-order valence-corrected chi connectivity index (χ1v) is 11.3. The second-order valence-corrected chi connectivity index (χ2v) is 9.04. The Labute approximate surface area is 133 Å². The molecule has 0 aliphatic carbocycles. The highest BCUT2D eigenvalue weighted by molar-refractivity contribution is 7.47. The molecule has 5 unspecified atom stereocenters. The van der Waals surface area contributed by atoms with Gasteiger partial charge in [0.2, 0.25) is 8.01 Å². The van der Waals surface area contributed by atoms with Gasteiger partial charge in [0, 0.05) is 28.0 Å². The molecule has 3 rings (SSSR count). The van der Waals surface area contributed by atoms with Gasteiger partial charge in [-0.05, 0) is 41.5 Å². The number of benzene rings is 2. The third kappa shape index (κ3) is 3.08. The smallest absolute Gasteiger partial charge is 0.213 e. The monoisotopic (exact) mass is 372 g/mol. The Balaban J connectivity index is 2.67. The minimum Gasteiger partial charge on any atom is -0.419 e. The standard InChI is InChI=1S/C14H17O2P5/c1-20-12-6-8(18)4-10-9-3-7(17)5-11(19)13(9)15-21(2)16-14(10)12/h3-6,20H,17-19H2,1-2H3. The van der Waals surface area contributed by atoms with Gasteiger partial charge in [0.05, 0.1) is 0 Å². The summed E-state index contributed by atoms with van der Waals surface area (Å²) in [5.74, 6) is 0. The Hall–Kier alpha value is 0.0600. The van der Waals surface area contributed by atoms with E-state index in [2.05, 4.69) is 58.6 Å². The van der Waals surface area contributed by atoms with Crippen molar-refractivity contribution in [3.63, 3.8) is 0 Å². The van der Waals surface area contributed by atoms with Crippen molar-refractivity contribution in [3.8, 4) is 0 Å². The van der Waals surface area contributed by atoms with Crippen LogP contribution in [-0.2, 0) is 6.66 Å². The van der Waals surface area contributed by atoms with Crippen LogP contribution in [0.5, 0.6) is 0 Å². The maximum Gasteiger partial charge on any atom is 0.213 e. The summed E-state index contributed by atoms with van der Waals surface area (Å²) >= 11 is 0. The van der Waals surface area contributed by atoms with E-state index in [4.69, 9.17) is 8.39 Å². The number of fused-ring (bicyclic) bond motifs is 3. The van der Waals surface area contributed by atoms with Crippen LogP contribution in [0.4, 0.5) is 0 Å². The highest BCUT2D eigenvalue weighted by atomic mass is 31.1. The molecular weight excluding hydrogens is 355 g/mol. The Bertz CT molecular complexity index is 886. The summed E-state index contributed by atoms with van der Waals surface area (Å²) in [5.41, 5.74) is 1.90. The number of hydrogen-bond donors (Lipinski definition) is 0. The van der Waals surface area contributed by atoms with E-state index in [9.17, 15) is 0 Å². The van der Waals surface area contributed by atoms with Crippen LogP contribution in [0.2, 0.25) is 0 Å². The molecule has 5 atom stereocenters. The van der Waals surface area contributed by atoms with Gasteiger partial charge < -0.3 is 8.39 Å². The van der Waals surface area contributed by atoms with Gasteiger partial charge in [0.25, 0.3) is 0 Å². The molecule has 0 aliphatic rings. The zero-order chi connectivity index (χ0) is 15.1. The predicted octanol–water partition coefficient (Wildman–Crippen LogP) is 3.26. The van der Waals surface area contributed by atoms with Crippen molar-refractivity contribution in [2.24, 2.45) is 6.66 Å². The van der Waals surface area contributed by atoms with Gasteiger partial charge in [-0.1, -0.05) is 8.58 Å². The van der Waals surface area contributed by atoms with Crippen LogP contribution < -0.4 is 21.2 Å². The van der Waals surface area contributed by atoms with E-state index in [1.807, 2.05) is 6.66 Å². The summed E-state index contributed by atoms with van der Waals surface area (Å²) in [6, 6.07) is 8.59. The molecule has 0 saturated carbocycles. The molecule has 0 bridgehead atoms. The second kappa shape index (κ2) is 6.28. The number of aryl methyl sites for hydroxylation is 1. The van der Waals surface area contributed by atoms with E-state index in [1.165, 1.54) is 10.6 Å². The normalized spacial score (nSPS) is 12.7. The van der Waals surface area contributed by atoms with E-state index in [-0.39, 0.29) is 0 Å². The van der Waals surface area contributed by atoms with Crippen LogP contribution in [0.3, 0.4) is 0 Å². The summed E-state index contributed by atoms with van der Waals surface area (Å²) in [4.78, 5) is 0. The van der Waals surface area contributed by atoms with E-state index in [1.54, 1.807) is 0 Å². The molecular formula is C14H17O2P5. The van der Waals surface area contributed by atoms with Gasteiger partial charge in [0.1, 0.15) is 11.2 Å². The number of rotatable bonds is 1. The van der Waals surface area contributed by atoms with Crippen molar-refractivity contribution in [1.29, 1.82) is 0 Å². The molecule has 1 heterocycles. The van der Waals surface area contributed by atoms with E-state index in [0.717, 1.165) is 32.5 Å². The Morgan fingerprint density at radius 1 is 0.905 bits per heavy atom. The zero-order valence-electron chi connectivity index (χ0n) is 11.8.